The van der Waals surface area contributed by atoms with Crippen LogP contribution in [-0.2, 0) is 4.74 Å². The van der Waals surface area contributed by atoms with Crippen LogP contribution in [-0.4, -0.2) is 29.1 Å². The van der Waals surface area contributed by atoms with Crippen LogP contribution in [0.3, 0.4) is 0 Å². The van der Waals surface area contributed by atoms with Gasteiger partial charge in [0.1, 0.15) is 5.03 Å². The molecule has 0 aliphatic carbocycles. The minimum Gasteiger partial charge on any atom is -0.451 e. The van der Waals surface area contributed by atoms with Crippen molar-refractivity contribution in [1.82, 2.24) is 4.98 Å². The van der Waals surface area contributed by atoms with Gasteiger partial charge < -0.3 is 4.74 Å². The third kappa shape index (κ3) is 3.96. The van der Waals surface area contributed by atoms with E-state index in [0.717, 1.165) is 4.47 Å². The van der Waals surface area contributed by atoms with E-state index < -0.39 is 12.1 Å². The Morgan fingerprint density at radius 3 is 2.55 bits per heavy atom. The van der Waals surface area contributed by atoms with Gasteiger partial charge in [-0.15, -0.1) is 11.8 Å². The zero-order valence-corrected chi connectivity index (χ0v) is 14.5. The zero-order chi connectivity index (χ0) is 16.1. The van der Waals surface area contributed by atoms with Crippen LogP contribution in [0.15, 0.2) is 52.1 Å². The fourth-order valence-electron chi connectivity index (χ4n) is 1.84. The summed E-state index contributed by atoms with van der Waals surface area (Å²) in [6.07, 6.45) is 2.58. The summed E-state index contributed by atoms with van der Waals surface area (Å²) in [5, 5.41) is 0.579. The molecule has 0 saturated carbocycles. The maximum absolute atomic E-state index is 12.3. The van der Waals surface area contributed by atoms with Gasteiger partial charge in [0.15, 0.2) is 6.10 Å². The molecular weight excluding hydrogens is 366 g/mol. The van der Waals surface area contributed by atoms with Crippen molar-refractivity contribution >= 4 is 39.4 Å². The van der Waals surface area contributed by atoms with Crippen molar-refractivity contribution in [2.75, 3.05) is 6.26 Å². The van der Waals surface area contributed by atoms with Crippen LogP contribution in [0.5, 0.6) is 0 Å². The number of ketones is 1. The normalized spacial score (nSPS) is 11.8. The number of ether oxygens (including phenoxy) is 1. The summed E-state index contributed by atoms with van der Waals surface area (Å²) in [6, 6.07) is 10.2. The Morgan fingerprint density at radius 2 is 1.91 bits per heavy atom. The van der Waals surface area contributed by atoms with Crippen molar-refractivity contribution < 1.29 is 14.3 Å². The Labute approximate surface area is 141 Å². The summed E-state index contributed by atoms with van der Waals surface area (Å²) >= 11 is 4.67. The van der Waals surface area contributed by atoms with Gasteiger partial charge in [-0.05, 0) is 37.4 Å². The van der Waals surface area contributed by atoms with E-state index >= 15 is 0 Å². The second-order valence-electron chi connectivity index (χ2n) is 4.48. The Bertz CT molecular complexity index is 688. The third-order valence-electron chi connectivity index (χ3n) is 2.97. The second-order valence-corrected chi connectivity index (χ2v) is 6.19. The first-order chi connectivity index (χ1) is 10.5. The number of rotatable bonds is 5. The number of carbonyl (C=O) groups excluding carboxylic acids is 2. The van der Waals surface area contributed by atoms with E-state index in [1.807, 2.05) is 6.26 Å². The highest BCUT2D eigenvalue weighted by Gasteiger charge is 2.22. The fraction of sp³-hybridized carbons (Fsp3) is 0.188. The van der Waals surface area contributed by atoms with E-state index in [4.69, 9.17) is 4.74 Å². The van der Waals surface area contributed by atoms with E-state index in [1.165, 1.54) is 11.8 Å². The first kappa shape index (κ1) is 16.7. The average Bonchev–Trinajstić information content (AvgIpc) is 2.54. The molecule has 0 saturated heterocycles. The number of carbonyl (C=O) groups is 2. The maximum Gasteiger partial charge on any atom is 0.341 e. The number of hydrogen-bond donors (Lipinski definition) is 0. The number of thioether (sulfide) groups is 1. The predicted octanol–water partition coefficient (Wildman–Crippen LogP) is 3.99. The Balaban J connectivity index is 2.11. The van der Waals surface area contributed by atoms with E-state index in [2.05, 4.69) is 20.9 Å². The lowest BCUT2D eigenvalue weighted by Gasteiger charge is -2.13. The molecule has 0 aliphatic rings. The van der Waals surface area contributed by atoms with E-state index in [9.17, 15) is 9.59 Å². The second kappa shape index (κ2) is 7.56. The minimum atomic E-state index is -0.858. The molecular formula is C16H14BrNO3S. The molecule has 2 aromatic rings. The van der Waals surface area contributed by atoms with Gasteiger partial charge in [0.05, 0.1) is 5.56 Å². The van der Waals surface area contributed by atoms with Crippen molar-refractivity contribution in [1.29, 1.82) is 0 Å². The zero-order valence-electron chi connectivity index (χ0n) is 12.1. The van der Waals surface area contributed by atoms with Gasteiger partial charge in [0.25, 0.3) is 0 Å². The molecule has 0 fully saturated rings. The monoisotopic (exact) mass is 379 g/mol. The molecule has 22 heavy (non-hydrogen) atoms. The summed E-state index contributed by atoms with van der Waals surface area (Å²) in [5.41, 5.74) is 0.866. The molecule has 114 valence electrons. The number of benzene rings is 1. The SMILES string of the molecule is CSc1ncccc1C(=O)OC(C)C(=O)c1ccc(Br)cc1. The number of halogens is 1. The summed E-state index contributed by atoms with van der Waals surface area (Å²) in [7, 11) is 0. The molecule has 0 bridgehead atoms. The van der Waals surface area contributed by atoms with Crippen LogP contribution in [0.25, 0.3) is 0 Å². The molecule has 0 N–H and O–H groups in total. The van der Waals surface area contributed by atoms with Crippen LogP contribution >= 0.6 is 27.7 Å². The number of aromatic nitrogens is 1. The third-order valence-corrected chi connectivity index (χ3v) is 4.21. The molecule has 0 aliphatic heterocycles. The Hall–Kier alpha value is -1.66. The van der Waals surface area contributed by atoms with E-state index in [0.29, 0.717) is 16.2 Å². The quantitative estimate of drug-likeness (QED) is 0.446. The summed E-state index contributed by atoms with van der Waals surface area (Å²) in [5.74, 6) is -0.786. The van der Waals surface area contributed by atoms with Gasteiger partial charge in [-0.2, -0.15) is 0 Å². The highest BCUT2D eigenvalue weighted by Crippen LogP contribution is 2.19. The number of hydrogen-bond acceptors (Lipinski definition) is 5. The van der Waals surface area contributed by atoms with Crippen molar-refractivity contribution in [2.45, 2.75) is 18.1 Å². The molecule has 0 spiro atoms. The maximum atomic E-state index is 12.3. The van der Waals surface area contributed by atoms with Gasteiger partial charge in [-0.3, -0.25) is 4.79 Å². The molecule has 2 rings (SSSR count). The fourth-order valence-corrected chi connectivity index (χ4v) is 2.64. The lowest BCUT2D eigenvalue weighted by atomic mass is 10.1. The smallest absolute Gasteiger partial charge is 0.341 e. The largest absolute Gasteiger partial charge is 0.451 e. The predicted molar refractivity (Wildman–Crippen MR) is 89.4 cm³/mol. The Kier molecular flexibility index (Phi) is 5.74. The number of nitrogens with zero attached hydrogens (tertiary/aromatic N) is 1. The van der Waals surface area contributed by atoms with Crippen molar-refractivity contribution in [3.05, 3.63) is 58.2 Å². The van der Waals surface area contributed by atoms with Gasteiger partial charge in [-0.1, -0.05) is 28.1 Å². The number of Topliss-reactive ketones (excluding diaryl/α,β-unsaturated/α-hetero) is 1. The van der Waals surface area contributed by atoms with Gasteiger partial charge in [0, 0.05) is 16.2 Å². The number of pyridine rings is 1. The van der Waals surface area contributed by atoms with Crippen LogP contribution in [0.4, 0.5) is 0 Å². The van der Waals surface area contributed by atoms with Crippen LogP contribution in [0.2, 0.25) is 0 Å². The van der Waals surface area contributed by atoms with Crippen molar-refractivity contribution in [2.24, 2.45) is 0 Å². The highest BCUT2D eigenvalue weighted by molar-refractivity contribution is 9.10. The van der Waals surface area contributed by atoms with Gasteiger partial charge in [0.2, 0.25) is 5.78 Å². The highest BCUT2D eigenvalue weighted by atomic mass is 79.9. The van der Waals surface area contributed by atoms with Gasteiger partial charge in [-0.25, -0.2) is 9.78 Å². The number of esters is 1. The molecule has 1 heterocycles. The van der Waals surface area contributed by atoms with Crippen LogP contribution in [0.1, 0.15) is 27.6 Å². The molecule has 1 atom stereocenters. The molecule has 0 radical (unpaired) electrons. The van der Waals surface area contributed by atoms with Crippen molar-refractivity contribution in [3.8, 4) is 0 Å². The molecule has 4 nitrogen and oxygen atoms in total. The van der Waals surface area contributed by atoms with Crippen LogP contribution < -0.4 is 0 Å². The minimum absolute atomic E-state index is 0.240. The summed E-state index contributed by atoms with van der Waals surface area (Å²) in [6.45, 7) is 1.57. The molecule has 1 unspecified atom stereocenters. The van der Waals surface area contributed by atoms with Crippen molar-refractivity contribution in [3.63, 3.8) is 0 Å². The lowest BCUT2D eigenvalue weighted by Crippen LogP contribution is -2.24. The van der Waals surface area contributed by atoms with Crippen LogP contribution in [0, 0.1) is 0 Å². The Morgan fingerprint density at radius 1 is 1.23 bits per heavy atom. The first-order valence-corrected chi connectivity index (χ1v) is 8.54. The standard InChI is InChI=1S/C16H14BrNO3S/c1-10(14(19)11-5-7-12(17)8-6-11)21-16(20)13-4-3-9-18-15(13)22-2/h3-10H,1-2H3. The molecule has 6 heteroatoms. The van der Waals surface area contributed by atoms with E-state index in [-0.39, 0.29) is 5.78 Å². The summed E-state index contributed by atoms with van der Waals surface area (Å²) < 4.78 is 6.15. The topological polar surface area (TPSA) is 56.3 Å². The summed E-state index contributed by atoms with van der Waals surface area (Å²) in [4.78, 5) is 28.6. The molecule has 1 aromatic carbocycles. The molecule has 0 amide bonds. The van der Waals surface area contributed by atoms with Gasteiger partial charge >= 0.3 is 5.97 Å². The lowest BCUT2D eigenvalue weighted by molar-refractivity contribution is 0.0314. The first-order valence-electron chi connectivity index (χ1n) is 6.52. The average molecular weight is 380 g/mol. The molecule has 1 aromatic heterocycles. The van der Waals surface area contributed by atoms with E-state index in [1.54, 1.807) is 49.5 Å².